The number of likely N-dealkylation sites (tertiary alicyclic amines) is 1. The third-order valence-electron chi connectivity index (χ3n) is 5.59. The Morgan fingerprint density at radius 3 is 2.58 bits per heavy atom. The predicted molar refractivity (Wildman–Crippen MR) is 94.7 cm³/mol. The molecule has 24 heavy (non-hydrogen) atoms. The maximum absolute atomic E-state index is 12.9. The average Bonchev–Trinajstić information content (AvgIpc) is 3.34. The van der Waals surface area contributed by atoms with Gasteiger partial charge in [0, 0.05) is 19.0 Å². The summed E-state index contributed by atoms with van der Waals surface area (Å²) in [5, 5.41) is 0. The molecule has 1 saturated carbocycles. The third-order valence-corrected chi connectivity index (χ3v) is 5.59. The number of rotatable bonds is 7. The molecule has 1 aromatic carbocycles. The molecule has 1 aliphatic heterocycles. The van der Waals surface area contributed by atoms with Crippen LogP contribution < -0.4 is 9.47 Å². The van der Waals surface area contributed by atoms with E-state index in [2.05, 4.69) is 24.0 Å². The lowest BCUT2D eigenvalue weighted by atomic mass is 9.90. The number of carbonyl (C=O) groups is 1. The van der Waals surface area contributed by atoms with E-state index in [-0.39, 0.29) is 0 Å². The van der Waals surface area contributed by atoms with Crippen molar-refractivity contribution in [1.29, 1.82) is 0 Å². The van der Waals surface area contributed by atoms with Gasteiger partial charge in [0.15, 0.2) is 11.5 Å². The van der Waals surface area contributed by atoms with E-state index in [1.807, 2.05) is 6.07 Å². The lowest BCUT2D eigenvalue weighted by Crippen LogP contribution is -2.36. The van der Waals surface area contributed by atoms with Crippen molar-refractivity contribution in [1.82, 2.24) is 4.90 Å². The van der Waals surface area contributed by atoms with Gasteiger partial charge in [-0.15, -0.1) is 0 Å². The molecule has 0 bridgehead atoms. The minimum absolute atomic E-state index is 0.301. The molecule has 0 aromatic heterocycles. The Morgan fingerprint density at radius 2 is 1.96 bits per heavy atom. The zero-order valence-electron chi connectivity index (χ0n) is 15.1. The molecule has 0 radical (unpaired) electrons. The molecule has 1 amide bonds. The minimum atomic E-state index is 0.301. The van der Waals surface area contributed by atoms with E-state index in [9.17, 15) is 4.79 Å². The maximum Gasteiger partial charge on any atom is 0.223 e. The molecule has 2 fully saturated rings. The van der Waals surface area contributed by atoms with Crippen molar-refractivity contribution in [3.8, 4) is 11.5 Å². The summed E-state index contributed by atoms with van der Waals surface area (Å²) in [4.78, 5) is 15.0. The summed E-state index contributed by atoms with van der Waals surface area (Å²) in [5.41, 5.74) is 1.20. The molecule has 2 unspecified atom stereocenters. The zero-order valence-corrected chi connectivity index (χ0v) is 15.1. The van der Waals surface area contributed by atoms with Crippen LogP contribution in [-0.4, -0.2) is 37.6 Å². The zero-order chi connectivity index (χ0) is 17.1. The van der Waals surface area contributed by atoms with Crippen LogP contribution in [0, 0.1) is 5.92 Å². The molecule has 1 aliphatic carbocycles. The summed E-state index contributed by atoms with van der Waals surface area (Å²) in [6.07, 6.45) is 6.45. The fraction of sp³-hybridized carbons (Fsp3) is 0.650. The molecule has 1 saturated heterocycles. The van der Waals surface area contributed by atoms with Gasteiger partial charge in [-0.3, -0.25) is 4.79 Å². The van der Waals surface area contributed by atoms with Gasteiger partial charge in [0.2, 0.25) is 5.91 Å². The van der Waals surface area contributed by atoms with Crippen LogP contribution in [0.4, 0.5) is 0 Å². The van der Waals surface area contributed by atoms with Crippen LogP contribution in [0.2, 0.25) is 0 Å². The Bertz CT molecular complexity index is 582. The van der Waals surface area contributed by atoms with Crippen LogP contribution in [0.25, 0.3) is 0 Å². The fourth-order valence-electron chi connectivity index (χ4n) is 4.03. The first-order chi connectivity index (χ1) is 11.7. The highest BCUT2D eigenvalue weighted by Crippen LogP contribution is 2.46. The normalized spacial score (nSPS) is 21.6. The maximum atomic E-state index is 12.9. The standard InChI is InChI=1S/C20H29NO3/c1-4-16-6-5-11-21(16)20(22)13-17(14-7-8-14)15-9-10-18(23-2)19(12-15)24-3/h9-10,12,14,16-17H,4-8,11,13H2,1-3H3. The monoisotopic (exact) mass is 331 g/mol. The largest absolute Gasteiger partial charge is 0.493 e. The van der Waals surface area contributed by atoms with Crippen molar-refractivity contribution < 1.29 is 14.3 Å². The van der Waals surface area contributed by atoms with Gasteiger partial charge in [-0.25, -0.2) is 0 Å². The van der Waals surface area contributed by atoms with Crippen molar-refractivity contribution in [2.75, 3.05) is 20.8 Å². The molecule has 132 valence electrons. The fourth-order valence-corrected chi connectivity index (χ4v) is 4.03. The number of amides is 1. The Morgan fingerprint density at radius 1 is 1.21 bits per heavy atom. The van der Waals surface area contributed by atoms with Gasteiger partial charge in [-0.2, -0.15) is 0 Å². The van der Waals surface area contributed by atoms with Crippen molar-refractivity contribution in [2.45, 2.75) is 57.4 Å². The molecule has 0 N–H and O–H groups in total. The smallest absolute Gasteiger partial charge is 0.223 e. The molecular weight excluding hydrogens is 302 g/mol. The predicted octanol–water partition coefficient (Wildman–Crippen LogP) is 3.99. The first kappa shape index (κ1) is 17.1. The Labute approximate surface area is 145 Å². The van der Waals surface area contributed by atoms with Gasteiger partial charge in [0.05, 0.1) is 14.2 Å². The number of nitrogens with zero attached hydrogens (tertiary/aromatic N) is 1. The van der Waals surface area contributed by atoms with Crippen molar-refractivity contribution in [3.63, 3.8) is 0 Å². The number of ether oxygens (including phenoxy) is 2. The summed E-state index contributed by atoms with van der Waals surface area (Å²) in [6, 6.07) is 6.55. The second-order valence-corrected chi connectivity index (χ2v) is 7.05. The Hall–Kier alpha value is -1.71. The number of benzene rings is 1. The van der Waals surface area contributed by atoms with Gasteiger partial charge in [-0.05, 0) is 61.6 Å². The molecule has 4 nitrogen and oxygen atoms in total. The van der Waals surface area contributed by atoms with E-state index < -0.39 is 0 Å². The lowest BCUT2D eigenvalue weighted by molar-refractivity contribution is -0.132. The number of hydrogen-bond acceptors (Lipinski definition) is 3. The quantitative estimate of drug-likeness (QED) is 0.758. The molecule has 1 heterocycles. The second-order valence-electron chi connectivity index (χ2n) is 7.05. The van der Waals surface area contributed by atoms with Gasteiger partial charge in [-0.1, -0.05) is 13.0 Å². The van der Waals surface area contributed by atoms with Crippen LogP contribution in [0.1, 0.15) is 56.9 Å². The van der Waals surface area contributed by atoms with Crippen LogP contribution in [0.3, 0.4) is 0 Å². The van der Waals surface area contributed by atoms with Crippen molar-refractivity contribution in [2.24, 2.45) is 5.92 Å². The highest BCUT2D eigenvalue weighted by atomic mass is 16.5. The summed E-state index contributed by atoms with van der Waals surface area (Å²) >= 11 is 0. The number of methoxy groups -OCH3 is 2. The van der Waals surface area contributed by atoms with Crippen molar-refractivity contribution >= 4 is 5.91 Å². The van der Waals surface area contributed by atoms with Crippen LogP contribution in [0.15, 0.2) is 18.2 Å². The summed E-state index contributed by atoms with van der Waals surface area (Å²) in [6.45, 7) is 3.11. The molecule has 4 heteroatoms. The first-order valence-corrected chi connectivity index (χ1v) is 9.19. The average molecular weight is 331 g/mol. The van der Waals surface area contributed by atoms with Crippen LogP contribution in [-0.2, 0) is 4.79 Å². The van der Waals surface area contributed by atoms with E-state index in [0.29, 0.717) is 30.2 Å². The lowest BCUT2D eigenvalue weighted by Gasteiger charge is -2.26. The molecule has 3 rings (SSSR count). The summed E-state index contributed by atoms with van der Waals surface area (Å²) in [7, 11) is 3.31. The highest BCUT2D eigenvalue weighted by Gasteiger charge is 2.36. The molecule has 2 aliphatic rings. The van der Waals surface area contributed by atoms with E-state index in [1.54, 1.807) is 14.2 Å². The van der Waals surface area contributed by atoms with Crippen LogP contribution in [0.5, 0.6) is 11.5 Å². The van der Waals surface area contributed by atoms with Crippen LogP contribution >= 0.6 is 0 Å². The van der Waals surface area contributed by atoms with Gasteiger partial charge >= 0.3 is 0 Å². The minimum Gasteiger partial charge on any atom is -0.493 e. The van der Waals surface area contributed by atoms with E-state index in [4.69, 9.17) is 9.47 Å². The van der Waals surface area contributed by atoms with E-state index >= 15 is 0 Å². The molecule has 2 atom stereocenters. The second kappa shape index (κ2) is 7.45. The SMILES string of the molecule is CCC1CCCN1C(=O)CC(c1ccc(OC)c(OC)c1)C1CC1. The summed E-state index contributed by atoms with van der Waals surface area (Å²) < 4.78 is 10.8. The van der Waals surface area contributed by atoms with Crippen molar-refractivity contribution in [3.05, 3.63) is 23.8 Å². The third kappa shape index (κ3) is 3.52. The van der Waals surface area contributed by atoms with E-state index in [0.717, 1.165) is 37.3 Å². The van der Waals surface area contributed by atoms with Gasteiger partial charge in [0.25, 0.3) is 0 Å². The summed E-state index contributed by atoms with van der Waals surface area (Å²) in [5.74, 6) is 2.75. The first-order valence-electron chi connectivity index (χ1n) is 9.19. The number of hydrogen-bond donors (Lipinski definition) is 0. The Balaban J connectivity index is 1.77. The van der Waals surface area contributed by atoms with Gasteiger partial charge < -0.3 is 14.4 Å². The van der Waals surface area contributed by atoms with Gasteiger partial charge in [0.1, 0.15) is 0 Å². The molecule has 0 spiro atoms. The van der Waals surface area contributed by atoms with E-state index in [1.165, 1.54) is 18.4 Å². The topological polar surface area (TPSA) is 38.8 Å². The Kier molecular flexibility index (Phi) is 5.32. The number of carbonyl (C=O) groups excluding carboxylic acids is 1. The highest BCUT2D eigenvalue weighted by molar-refractivity contribution is 5.78. The molecule has 1 aromatic rings. The molecular formula is C20H29NO3.